The van der Waals surface area contributed by atoms with Crippen LogP contribution in [0.25, 0.3) is 11.2 Å². The van der Waals surface area contributed by atoms with E-state index in [1.165, 1.54) is 6.33 Å². The van der Waals surface area contributed by atoms with Crippen LogP contribution in [0, 0.1) is 11.8 Å². The summed E-state index contributed by atoms with van der Waals surface area (Å²) in [5.41, 5.74) is 6.83. The Morgan fingerprint density at radius 1 is 1.35 bits per heavy atom. The van der Waals surface area contributed by atoms with E-state index in [0.717, 1.165) is 19.3 Å². The minimum absolute atomic E-state index is 0.224. The lowest BCUT2D eigenvalue weighted by molar-refractivity contribution is -0.0288. The molecular weight excluding hydrogens is 354 g/mol. The van der Waals surface area contributed by atoms with E-state index in [0.29, 0.717) is 22.7 Å². The molecule has 0 aliphatic carbocycles. The number of hydrogen-bond donors (Lipinski definition) is 3. The first-order valence-corrected chi connectivity index (χ1v) is 9.95. The molecule has 9 heteroatoms. The van der Waals surface area contributed by atoms with Crippen molar-refractivity contribution in [2.24, 2.45) is 0 Å². The van der Waals surface area contributed by atoms with E-state index in [9.17, 15) is 10.2 Å². The SMILES string of the molecule is CCCCC#Cc1nc(N)c2ncn([C@@H]3O[C@H](CSC)[C@@H](O)[C@H]3O)c2n1. The molecule has 0 amide bonds. The molecule has 4 N–H and O–H groups in total. The molecule has 8 nitrogen and oxygen atoms in total. The van der Waals surface area contributed by atoms with E-state index in [1.54, 1.807) is 16.3 Å². The van der Waals surface area contributed by atoms with Crippen molar-refractivity contribution >= 4 is 28.7 Å². The number of rotatable bonds is 5. The maximum absolute atomic E-state index is 10.4. The maximum atomic E-state index is 10.4. The number of unbranched alkanes of at least 4 members (excludes halogenated alkanes) is 2. The molecule has 0 aromatic carbocycles. The molecule has 140 valence electrons. The van der Waals surface area contributed by atoms with Crippen molar-refractivity contribution in [1.82, 2.24) is 19.5 Å². The molecule has 0 unspecified atom stereocenters. The first kappa shape index (κ1) is 18.9. The maximum Gasteiger partial charge on any atom is 0.208 e. The summed E-state index contributed by atoms with van der Waals surface area (Å²) in [6, 6.07) is 0. The average Bonchev–Trinajstić information content (AvgIpc) is 3.16. The van der Waals surface area contributed by atoms with E-state index >= 15 is 0 Å². The fraction of sp³-hybridized carbons (Fsp3) is 0.588. The second kappa shape index (κ2) is 8.22. The van der Waals surface area contributed by atoms with Crippen molar-refractivity contribution in [3.63, 3.8) is 0 Å². The van der Waals surface area contributed by atoms with Crippen molar-refractivity contribution in [1.29, 1.82) is 0 Å². The largest absolute Gasteiger partial charge is 0.387 e. The second-order valence-electron chi connectivity index (χ2n) is 6.16. The number of nitrogens with zero attached hydrogens (tertiary/aromatic N) is 4. The van der Waals surface area contributed by atoms with Crippen molar-refractivity contribution in [2.75, 3.05) is 17.7 Å². The minimum atomic E-state index is -1.08. The third-order valence-electron chi connectivity index (χ3n) is 4.25. The molecule has 2 aromatic heterocycles. The van der Waals surface area contributed by atoms with Crippen LogP contribution in [0.1, 0.15) is 38.2 Å². The minimum Gasteiger partial charge on any atom is -0.387 e. The van der Waals surface area contributed by atoms with Gasteiger partial charge >= 0.3 is 0 Å². The Balaban J connectivity index is 1.94. The molecular formula is C17H23N5O3S. The third-order valence-corrected chi connectivity index (χ3v) is 4.91. The van der Waals surface area contributed by atoms with E-state index in [1.807, 2.05) is 6.26 Å². The van der Waals surface area contributed by atoms with Crippen LogP contribution >= 0.6 is 11.8 Å². The van der Waals surface area contributed by atoms with Gasteiger partial charge in [-0.25, -0.2) is 15.0 Å². The van der Waals surface area contributed by atoms with Crippen molar-refractivity contribution in [3.05, 3.63) is 12.2 Å². The molecule has 3 heterocycles. The van der Waals surface area contributed by atoms with Gasteiger partial charge in [-0.3, -0.25) is 4.57 Å². The Morgan fingerprint density at radius 2 is 2.15 bits per heavy atom. The number of thioether (sulfide) groups is 1. The normalized spacial score (nSPS) is 25.4. The molecule has 0 spiro atoms. The number of hydrogen-bond acceptors (Lipinski definition) is 8. The molecule has 1 aliphatic rings. The molecule has 2 aromatic rings. The van der Waals surface area contributed by atoms with Gasteiger partial charge in [0.2, 0.25) is 5.82 Å². The average molecular weight is 377 g/mol. The summed E-state index contributed by atoms with van der Waals surface area (Å²) < 4.78 is 7.42. The van der Waals surface area contributed by atoms with Crippen LogP contribution in [0.5, 0.6) is 0 Å². The van der Waals surface area contributed by atoms with Gasteiger partial charge in [0.25, 0.3) is 0 Å². The zero-order valence-corrected chi connectivity index (χ0v) is 15.6. The number of imidazole rings is 1. The lowest BCUT2D eigenvalue weighted by atomic mass is 10.1. The van der Waals surface area contributed by atoms with Gasteiger partial charge in [0, 0.05) is 12.2 Å². The monoisotopic (exact) mass is 377 g/mol. The highest BCUT2D eigenvalue weighted by atomic mass is 32.2. The van der Waals surface area contributed by atoms with Gasteiger partial charge in [0.15, 0.2) is 17.7 Å². The Kier molecular flexibility index (Phi) is 5.98. The lowest BCUT2D eigenvalue weighted by Gasteiger charge is -2.16. The Bertz CT molecular complexity index is 831. The van der Waals surface area contributed by atoms with Crippen molar-refractivity contribution in [3.8, 4) is 11.8 Å². The number of nitrogens with two attached hydrogens (primary N) is 1. The number of nitrogen functional groups attached to an aromatic ring is 1. The van der Waals surface area contributed by atoms with Crippen LogP contribution in [-0.4, -0.2) is 60.1 Å². The predicted octanol–water partition coefficient (Wildman–Crippen LogP) is 0.932. The van der Waals surface area contributed by atoms with Gasteiger partial charge in [-0.05, 0) is 18.6 Å². The van der Waals surface area contributed by atoms with Gasteiger partial charge in [0.1, 0.15) is 17.7 Å². The molecule has 1 saturated heterocycles. The fourth-order valence-corrected chi connectivity index (χ4v) is 3.45. The molecule has 0 radical (unpaired) electrons. The molecule has 0 bridgehead atoms. The third kappa shape index (κ3) is 3.64. The number of anilines is 1. The zero-order chi connectivity index (χ0) is 18.7. The standard InChI is InChI=1S/C17H23N5O3S/c1-3-4-5-6-7-11-20-15(18)12-16(21-11)22(9-19-12)17-14(24)13(23)10(25-17)8-26-2/h9-10,13-14,17,23-24H,3-5,8H2,1-2H3,(H2,18,20,21)/t10-,13-,14-,17-/m1/s1. The summed E-state index contributed by atoms with van der Waals surface area (Å²) >= 11 is 1.54. The van der Waals surface area contributed by atoms with Crippen LogP contribution in [0.15, 0.2) is 6.33 Å². The van der Waals surface area contributed by atoms with Gasteiger partial charge in [-0.2, -0.15) is 11.8 Å². The van der Waals surface area contributed by atoms with Gasteiger partial charge < -0.3 is 20.7 Å². The highest BCUT2D eigenvalue weighted by molar-refractivity contribution is 7.98. The second-order valence-corrected chi connectivity index (χ2v) is 7.07. The quantitative estimate of drug-likeness (QED) is 0.520. The molecule has 26 heavy (non-hydrogen) atoms. The van der Waals surface area contributed by atoms with Gasteiger partial charge in [-0.1, -0.05) is 19.3 Å². The molecule has 1 fully saturated rings. The van der Waals surface area contributed by atoms with Gasteiger partial charge in [-0.15, -0.1) is 0 Å². The van der Waals surface area contributed by atoms with E-state index < -0.39 is 24.5 Å². The zero-order valence-electron chi connectivity index (χ0n) is 14.8. The first-order valence-electron chi connectivity index (χ1n) is 8.56. The highest BCUT2D eigenvalue weighted by Gasteiger charge is 2.44. The number of ether oxygens (including phenoxy) is 1. The summed E-state index contributed by atoms with van der Waals surface area (Å²) in [6.45, 7) is 2.10. The van der Waals surface area contributed by atoms with Crippen molar-refractivity contribution < 1.29 is 14.9 Å². The van der Waals surface area contributed by atoms with Crippen LogP contribution in [0.3, 0.4) is 0 Å². The molecule has 4 atom stereocenters. The Labute approximate surface area is 156 Å². The Morgan fingerprint density at radius 3 is 2.88 bits per heavy atom. The van der Waals surface area contributed by atoms with Crippen LogP contribution < -0.4 is 5.73 Å². The summed E-state index contributed by atoms with van der Waals surface area (Å²) in [7, 11) is 0. The Hall–Kier alpha value is -1.86. The van der Waals surface area contributed by atoms with Crippen LogP contribution in [0.2, 0.25) is 0 Å². The fourth-order valence-electron chi connectivity index (χ4n) is 2.85. The first-order chi connectivity index (χ1) is 12.6. The van der Waals surface area contributed by atoms with E-state index in [-0.39, 0.29) is 5.82 Å². The lowest BCUT2D eigenvalue weighted by Crippen LogP contribution is -2.32. The smallest absolute Gasteiger partial charge is 0.208 e. The van der Waals surface area contributed by atoms with Crippen LogP contribution in [-0.2, 0) is 4.74 Å². The number of fused-ring (bicyclic) bond motifs is 1. The predicted molar refractivity (Wildman–Crippen MR) is 100 cm³/mol. The molecule has 0 saturated carbocycles. The summed E-state index contributed by atoms with van der Waals surface area (Å²) in [4.78, 5) is 12.8. The highest BCUT2D eigenvalue weighted by Crippen LogP contribution is 2.33. The summed E-state index contributed by atoms with van der Waals surface area (Å²) in [5, 5.41) is 20.6. The number of aliphatic hydroxyl groups excluding tert-OH is 2. The number of aromatic nitrogens is 4. The molecule has 3 rings (SSSR count). The molecule has 1 aliphatic heterocycles. The number of aliphatic hydroxyl groups is 2. The van der Waals surface area contributed by atoms with E-state index in [2.05, 4.69) is 33.7 Å². The summed E-state index contributed by atoms with van der Waals surface area (Å²) in [5.74, 6) is 7.06. The van der Waals surface area contributed by atoms with E-state index in [4.69, 9.17) is 10.5 Å². The van der Waals surface area contributed by atoms with Crippen LogP contribution in [0.4, 0.5) is 5.82 Å². The topological polar surface area (TPSA) is 119 Å². The van der Waals surface area contributed by atoms with Crippen molar-refractivity contribution in [2.45, 2.75) is 50.7 Å². The summed E-state index contributed by atoms with van der Waals surface area (Å²) in [6.07, 6.45) is 2.95. The van der Waals surface area contributed by atoms with Gasteiger partial charge in [0.05, 0.1) is 12.4 Å².